The molecule has 158 valence electrons. The van der Waals surface area contributed by atoms with E-state index in [1.165, 1.54) is 22.4 Å². The van der Waals surface area contributed by atoms with Gasteiger partial charge in [0.25, 0.3) is 0 Å². The molecule has 9 nitrogen and oxygen atoms in total. The first-order valence-electron chi connectivity index (χ1n) is 9.77. The van der Waals surface area contributed by atoms with Crippen molar-refractivity contribution in [2.24, 2.45) is 11.8 Å². The van der Waals surface area contributed by atoms with Gasteiger partial charge in [-0.05, 0) is 19.1 Å². The average Bonchev–Trinajstić information content (AvgIpc) is 3.37. The number of aromatic amines is 1. The second kappa shape index (κ2) is 6.82. The van der Waals surface area contributed by atoms with Crippen LogP contribution in [0.25, 0.3) is 10.4 Å². The van der Waals surface area contributed by atoms with Crippen LogP contribution in [0.5, 0.6) is 0 Å². The summed E-state index contributed by atoms with van der Waals surface area (Å²) < 4.78 is 1.74. The van der Waals surface area contributed by atoms with Crippen molar-refractivity contribution >= 4 is 39.4 Å². The number of hydrogen-bond acceptors (Lipinski definition) is 6. The van der Waals surface area contributed by atoms with Gasteiger partial charge in [0.05, 0.1) is 22.9 Å². The van der Waals surface area contributed by atoms with Gasteiger partial charge in [0.1, 0.15) is 11.9 Å². The number of aliphatic hydroxyl groups is 1. The van der Waals surface area contributed by atoms with Crippen LogP contribution >= 0.6 is 11.3 Å². The maximum absolute atomic E-state index is 12.9. The number of nitrogens with one attached hydrogen (secondary N) is 1. The van der Waals surface area contributed by atoms with Crippen LogP contribution in [0, 0.1) is 11.8 Å². The lowest BCUT2D eigenvalue weighted by atomic mass is 9.77. The molecule has 5 rings (SSSR count). The summed E-state index contributed by atoms with van der Waals surface area (Å²) in [6.45, 7) is 3.42. The molecule has 2 aliphatic rings. The first kappa shape index (κ1) is 19.6. The van der Waals surface area contributed by atoms with Gasteiger partial charge in [0, 0.05) is 29.4 Å². The largest absolute Gasteiger partial charge is 0.477 e. The number of H-pyrrole nitrogens is 1. The van der Waals surface area contributed by atoms with Crippen molar-refractivity contribution in [1.29, 1.82) is 0 Å². The molecule has 0 radical (unpaired) electrons. The number of aliphatic hydroxyl groups excluding tert-OH is 1. The van der Waals surface area contributed by atoms with Crippen molar-refractivity contribution in [3.63, 3.8) is 0 Å². The molecule has 1 fully saturated rings. The lowest BCUT2D eigenvalue weighted by Gasteiger charge is -2.46. The van der Waals surface area contributed by atoms with Crippen molar-refractivity contribution in [3.8, 4) is 0 Å². The number of β-lactam (4-membered cyclic amide) rings is 1. The zero-order chi connectivity index (χ0) is 22.0. The first-order valence-corrected chi connectivity index (χ1v) is 10.6. The van der Waals surface area contributed by atoms with Gasteiger partial charge in [-0.2, -0.15) is 4.40 Å². The van der Waals surface area contributed by atoms with Crippen LogP contribution in [0.15, 0.2) is 42.7 Å². The number of imidazole rings is 1. The number of carboxylic acid groups (broad SMARTS) is 1. The van der Waals surface area contributed by atoms with E-state index in [1.54, 1.807) is 42.2 Å². The quantitative estimate of drug-likeness (QED) is 0.310. The molecule has 0 aromatic carbocycles. The Kier molecular flexibility index (Phi) is 4.31. The van der Waals surface area contributed by atoms with Crippen molar-refractivity contribution in [2.45, 2.75) is 26.0 Å². The summed E-state index contributed by atoms with van der Waals surface area (Å²) in [5.74, 6) is -2.66. The Bertz CT molecular complexity index is 1280. The normalized spacial score (nSPS) is 23.8. The van der Waals surface area contributed by atoms with E-state index >= 15 is 0 Å². The topological polar surface area (TPSA) is 128 Å². The van der Waals surface area contributed by atoms with Gasteiger partial charge >= 0.3 is 5.97 Å². The van der Waals surface area contributed by atoms with Gasteiger partial charge in [-0.15, -0.1) is 0 Å². The molecule has 2 aliphatic heterocycles. The molecular formula is C21H19N4O5S+. The van der Waals surface area contributed by atoms with Crippen LogP contribution in [0.4, 0.5) is 0 Å². The molecule has 31 heavy (non-hydrogen) atoms. The summed E-state index contributed by atoms with van der Waals surface area (Å²) in [6.07, 6.45) is 5.62. The maximum Gasteiger partial charge on any atom is 0.352 e. The number of hydrogen-bond donors (Lipinski definition) is 3. The molecule has 5 heterocycles. The molecule has 0 aliphatic carbocycles. The minimum Gasteiger partial charge on any atom is -0.477 e. The summed E-state index contributed by atoms with van der Waals surface area (Å²) in [5.41, 5.74) is 1.32. The molecule has 10 heteroatoms. The van der Waals surface area contributed by atoms with Gasteiger partial charge in [0.15, 0.2) is 0 Å². The van der Waals surface area contributed by atoms with E-state index in [-0.39, 0.29) is 23.3 Å². The first-order chi connectivity index (χ1) is 14.8. The molecule has 1 unspecified atom stereocenters. The fourth-order valence-electron chi connectivity index (χ4n) is 4.66. The Morgan fingerprint density at radius 3 is 2.81 bits per heavy atom. The van der Waals surface area contributed by atoms with Gasteiger partial charge in [-0.3, -0.25) is 14.6 Å². The standard InChI is InChI=1S/C21H18N4O5S/c1-9-13(17(21(29)30)25-16(9)14(10(2)26)19(25)28)12-7-24-8-23-15(20(24)31-12)18(27)11-4-3-5-22-6-11/h3-10,14,16,26H,1-2H3,(H,29,30)/p+1/t9-,10+,14+,16?/m0/s1. The Labute approximate surface area is 180 Å². The number of rotatable bonds is 5. The zero-order valence-electron chi connectivity index (χ0n) is 16.6. The SMILES string of the molecule is C[C@H]1C(c2c[n+]3c[nH]c(C(=O)c4cccnc4)c3s2)=C(C(=O)O)N2C(=O)[C@H]([C@@H](C)O)C12. The Morgan fingerprint density at radius 2 is 2.16 bits per heavy atom. The number of aliphatic carboxylic acids is 1. The number of carboxylic acids is 1. The van der Waals surface area contributed by atoms with E-state index in [2.05, 4.69) is 9.97 Å². The highest BCUT2D eigenvalue weighted by Crippen LogP contribution is 2.51. The summed E-state index contributed by atoms with van der Waals surface area (Å²) >= 11 is 1.29. The number of carbonyl (C=O) groups is 3. The van der Waals surface area contributed by atoms with Crippen LogP contribution < -0.4 is 4.40 Å². The van der Waals surface area contributed by atoms with Gasteiger partial charge in [-0.1, -0.05) is 18.3 Å². The predicted octanol–water partition coefficient (Wildman–Crippen LogP) is 1.09. The molecule has 3 aromatic heterocycles. The lowest BCUT2D eigenvalue weighted by Crippen LogP contribution is -2.63. The van der Waals surface area contributed by atoms with Crippen molar-refractivity contribution < 1.29 is 29.0 Å². The monoisotopic (exact) mass is 439 g/mol. The fourth-order valence-corrected chi connectivity index (χ4v) is 5.89. The molecule has 0 spiro atoms. The molecule has 4 atom stereocenters. The van der Waals surface area contributed by atoms with Crippen LogP contribution in [0.3, 0.4) is 0 Å². The highest BCUT2D eigenvalue weighted by molar-refractivity contribution is 7.18. The van der Waals surface area contributed by atoms with Crippen LogP contribution in [-0.4, -0.2) is 54.9 Å². The minimum atomic E-state index is -1.18. The second-order valence-electron chi connectivity index (χ2n) is 7.85. The summed E-state index contributed by atoms with van der Waals surface area (Å²) in [6, 6.07) is 2.97. The molecular weight excluding hydrogens is 420 g/mol. The van der Waals surface area contributed by atoms with E-state index in [9.17, 15) is 24.6 Å². The summed E-state index contributed by atoms with van der Waals surface area (Å²) in [4.78, 5) is 47.1. The third-order valence-electron chi connectivity index (χ3n) is 6.05. The fraction of sp³-hybridized carbons (Fsp3) is 0.286. The molecule has 3 aromatic rings. The summed E-state index contributed by atoms with van der Waals surface area (Å²) in [5, 5.41) is 19.9. The van der Waals surface area contributed by atoms with Crippen molar-refractivity contribution in [2.75, 3.05) is 0 Å². The third-order valence-corrected chi connectivity index (χ3v) is 7.20. The molecule has 3 N–H and O–H groups in total. The predicted molar refractivity (Wildman–Crippen MR) is 109 cm³/mol. The lowest BCUT2D eigenvalue weighted by molar-refractivity contribution is -0.506. The zero-order valence-corrected chi connectivity index (χ0v) is 17.5. The van der Waals surface area contributed by atoms with Gasteiger partial charge < -0.3 is 15.1 Å². The number of ketones is 1. The maximum atomic E-state index is 12.9. The van der Waals surface area contributed by atoms with E-state index in [1.807, 2.05) is 6.92 Å². The molecule has 1 saturated heterocycles. The second-order valence-corrected chi connectivity index (χ2v) is 8.88. The van der Waals surface area contributed by atoms with Crippen molar-refractivity contribution in [3.05, 3.63) is 58.9 Å². The van der Waals surface area contributed by atoms with Gasteiger partial charge in [-0.25, -0.2) is 9.78 Å². The Hall–Kier alpha value is -3.37. The average molecular weight is 439 g/mol. The van der Waals surface area contributed by atoms with E-state index in [0.717, 1.165) is 0 Å². The number of nitrogens with zero attached hydrogens (tertiary/aromatic N) is 3. The smallest absolute Gasteiger partial charge is 0.352 e. The Balaban J connectivity index is 1.60. The minimum absolute atomic E-state index is 0.0481. The number of carbonyl (C=O) groups excluding carboxylic acids is 2. The number of pyridine rings is 1. The van der Waals surface area contributed by atoms with Crippen LogP contribution in [-0.2, 0) is 9.59 Å². The molecule has 0 saturated carbocycles. The van der Waals surface area contributed by atoms with E-state index in [4.69, 9.17) is 0 Å². The van der Waals surface area contributed by atoms with Crippen molar-refractivity contribution in [1.82, 2.24) is 14.9 Å². The highest BCUT2D eigenvalue weighted by Gasteiger charge is 2.60. The van der Waals surface area contributed by atoms with E-state index in [0.29, 0.717) is 26.5 Å². The number of fused-ring (bicyclic) bond motifs is 2. The third kappa shape index (κ3) is 2.68. The number of thiazole rings is 1. The van der Waals surface area contributed by atoms with E-state index < -0.39 is 24.0 Å². The summed E-state index contributed by atoms with van der Waals surface area (Å²) in [7, 11) is 0. The van der Waals surface area contributed by atoms with Gasteiger partial charge in [0.2, 0.25) is 28.5 Å². The number of aromatic nitrogens is 3. The van der Waals surface area contributed by atoms with Crippen LogP contribution in [0.2, 0.25) is 0 Å². The number of amides is 1. The van der Waals surface area contributed by atoms with Crippen LogP contribution in [0.1, 0.15) is 34.8 Å². The molecule has 1 amide bonds. The molecule has 0 bridgehead atoms. The Morgan fingerprint density at radius 1 is 1.39 bits per heavy atom. The highest BCUT2D eigenvalue weighted by atomic mass is 32.1.